The molecule has 2 atom stereocenters. The van der Waals surface area contributed by atoms with Crippen LogP contribution in [0.2, 0.25) is 5.15 Å². The predicted molar refractivity (Wildman–Crippen MR) is 138 cm³/mol. The summed E-state index contributed by atoms with van der Waals surface area (Å²) in [6.45, 7) is 1.24. The van der Waals surface area contributed by atoms with Crippen LogP contribution in [-0.2, 0) is 24.6 Å². The number of amides is 1. The van der Waals surface area contributed by atoms with E-state index in [1.807, 2.05) is 4.90 Å². The molecular formula is C23H26ClN5O7S2. The van der Waals surface area contributed by atoms with E-state index >= 15 is 0 Å². The van der Waals surface area contributed by atoms with Crippen molar-refractivity contribution >= 4 is 49.1 Å². The minimum Gasteiger partial charge on any atom is -0.489 e. The number of sulfonamides is 1. The minimum absolute atomic E-state index is 0.0461. The fourth-order valence-corrected chi connectivity index (χ4v) is 8.43. The molecule has 6 rings (SSSR count). The number of cyclic esters (lactones) is 1. The Morgan fingerprint density at radius 1 is 1.03 bits per heavy atom. The van der Waals surface area contributed by atoms with Gasteiger partial charge in [0.1, 0.15) is 35.5 Å². The lowest BCUT2D eigenvalue weighted by Gasteiger charge is -2.35. The Balaban J connectivity index is 1.18. The van der Waals surface area contributed by atoms with E-state index in [-0.39, 0.29) is 58.2 Å². The lowest BCUT2D eigenvalue weighted by atomic mass is 10.1. The Labute approximate surface area is 225 Å². The van der Waals surface area contributed by atoms with Crippen molar-refractivity contribution in [3.8, 4) is 5.75 Å². The average molecular weight is 584 g/mol. The number of nitrogens with two attached hydrogens (primary N) is 1. The molecular weight excluding hydrogens is 558 g/mol. The van der Waals surface area contributed by atoms with Gasteiger partial charge in [0.25, 0.3) is 0 Å². The van der Waals surface area contributed by atoms with Gasteiger partial charge in [0, 0.05) is 38.8 Å². The summed E-state index contributed by atoms with van der Waals surface area (Å²) in [4.78, 5) is 20.1. The molecule has 1 amide bonds. The summed E-state index contributed by atoms with van der Waals surface area (Å²) in [7, 11) is -7.31. The highest BCUT2D eigenvalue weighted by Crippen LogP contribution is 2.40. The molecule has 12 nitrogen and oxygen atoms in total. The summed E-state index contributed by atoms with van der Waals surface area (Å²) in [5, 5.41) is -0.298. The van der Waals surface area contributed by atoms with Gasteiger partial charge >= 0.3 is 6.09 Å². The molecule has 0 spiro atoms. The zero-order valence-corrected chi connectivity index (χ0v) is 22.6. The third-order valence-electron chi connectivity index (χ3n) is 7.29. The molecule has 0 radical (unpaired) electrons. The van der Waals surface area contributed by atoms with Gasteiger partial charge in [-0.05, 0) is 37.1 Å². The van der Waals surface area contributed by atoms with Crippen LogP contribution in [0.3, 0.4) is 0 Å². The number of halogens is 1. The number of rotatable bonds is 6. The van der Waals surface area contributed by atoms with E-state index in [4.69, 9.17) is 26.8 Å². The van der Waals surface area contributed by atoms with Crippen LogP contribution in [0.25, 0.3) is 0 Å². The Morgan fingerprint density at radius 3 is 2.45 bits per heavy atom. The Hall–Kier alpha value is -2.65. The van der Waals surface area contributed by atoms with Gasteiger partial charge in [-0.2, -0.15) is 4.31 Å². The Bertz CT molecular complexity index is 1510. The van der Waals surface area contributed by atoms with Gasteiger partial charge in [0.05, 0.1) is 20.7 Å². The number of hydrogen-bond donors (Lipinski definition) is 1. The second-order valence-electron chi connectivity index (χ2n) is 9.66. The molecule has 4 heterocycles. The lowest BCUT2D eigenvalue weighted by Crippen LogP contribution is -2.49. The molecule has 2 N–H and O–H groups in total. The number of fused-ring (bicyclic) bond motifs is 3. The number of anilines is 2. The molecule has 4 aliphatic rings. The number of nitrogens with zero attached hydrogens (tertiary/aromatic N) is 4. The molecule has 38 heavy (non-hydrogen) atoms. The van der Waals surface area contributed by atoms with Crippen molar-refractivity contribution in [2.75, 3.05) is 49.1 Å². The molecule has 1 aromatic heterocycles. The van der Waals surface area contributed by atoms with Crippen LogP contribution in [0.15, 0.2) is 40.1 Å². The summed E-state index contributed by atoms with van der Waals surface area (Å²) in [6.07, 6.45) is 0.246. The van der Waals surface area contributed by atoms with Crippen molar-refractivity contribution in [2.45, 2.75) is 40.0 Å². The maximum Gasteiger partial charge on any atom is 0.415 e. The normalized spacial score (nSPS) is 24.0. The first kappa shape index (κ1) is 25.6. The van der Waals surface area contributed by atoms with E-state index in [1.165, 1.54) is 33.5 Å². The van der Waals surface area contributed by atoms with Crippen LogP contribution in [0.1, 0.15) is 12.8 Å². The van der Waals surface area contributed by atoms with Crippen LogP contribution in [-0.4, -0.2) is 88.9 Å². The van der Waals surface area contributed by atoms with E-state index in [1.54, 1.807) is 6.07 Å². The van der Waals surface area contributed by atoms with Gasteiger partial charge in [-0.3, -0.25) is 4.90 Å². The number of aromatic nitrogens is 1. The minimum atomic E-state index is -3.87. The highest BCUT2D eigenvalue weighted by atomic mass is 35.5. The van der Waals surface area contributed by atoms with E-state index in [2.05, 4.69) is 4.98 Å². The third kappa shape index (κ3) is 4.28. The molecule has 2 saturated heterocycles. The second-order valence-corrected chi connectivity index (χ2v) is 14.2. The second kappa shape index (κ2) is 9.23. The molecule has 0 unspecified atom stereocenters. The predicted octanol–water partition coefficient (Wildman–Crippen LogP) is 1.23. The standard InChI is InChI=1S/C23H26ClN5O7S2/c24-21-10-16(37(31,32)14-1-2-14)11-22(26-21)27-5-7-28(8-6-27)38(33,34)15-3-4-17-19(9-15)35-13-18-20(12-25)36-23(30)29(17)18/h3-4,9-11,14,18,20H,1-2,5-8,12-13,25H2/t18-,20-/m0/s1. The molecule has 1 aromatic carbocycles. The van der Waals surface area contributed by atoms with Crippen molar-refractivity contribution in [1.29, 1.82) is 0 Å². The quantitative estimate of drug-likeness (QED) is 0.491. The number of sulfone groups is 1. The van der Waals surface area contributed by atoms with E-state index < -0.39 is 32.1 Å². The van der Waals surface area contributed by atoms with Crippen molar-refractivity contribution < 1.29 is 31.1 Å². The molecule has 2 aromatic rings. The van der Waals surface area contributed by atoms with E-state index in [0.717, 1.165) is 0 Å². The lowest BCUT2D eigenvalue weighted by molar-refractivity contribution is 0.126. The molecule has 1 saturated carbocycles. The maximum absolute atomic E-state index is 13.4. The average Bonchev–Trinajstić information content (AvgIpc) is 3.72. The summed E-state index contributed by atoms with van der Waals surface area (Å²) in [6, 6.07) is 6.92. The van der Waals surface area contributed by atoms with Crippen LogP contribution < -0.4 is 20.3 Å². The first-order chi connectivity index (χ1) is 18.1. The van der Waals surface area contributed by atoms with Gasteiger partial charge in [0.15, 0.2) is 9.84 Å². The summed E-state index contributed by atoms with van der Waals surface area (Å²) in [5.74, 6) is 0.682. The van der Waals surface area contributed by atoms with Gasteiger partial charge in [-0.15, -0.1) is 0 Å². The van der Waals surface area contributed by atoms with E-state index in [9.17, 15) is 21.6 Å². The number of ether oxygens (including phenoxy) is 2. The van der Waals surface area contributed by atoms with E-state index in [0.29, 0.717) is 37.4 Å². The highest BCUT2D eigenvalue weighted by molar-refractivity contribution is 7.92. The van der Waals surface area contributed by atoms with Crippen molar-refractivity contribution in [2.24, 2.45) is 5.73 Å². The van der Waals surface area contributed by atoms with Crippen LogP contribution in [0, 0.1) is 0 Å². The van der Waals surface area contributed by atoms with Gasteiger partial charge < -0.3 is 20.1 Å². The number of piperazine rings is 1. The zero-order chi connectivity index (χ0) is 26.8. The molecule has 0 bridgehead atoms. The molecule has 204 valence electrons. The topological polar surface area (TPSA) is 152 Å². The van der Waals surface area contributed by atoms with Crippen LogP contribution in [0.5, 0.6) is 5.75 Å². The third-order valence-corrected chi connectivity index (χ3v) is 11.6. The molecule has 15 heteroatoms. The summed E-state index contributed by atoms with van der Waals surface area (Å²) >= 11 is 6.14. The monoisotopic (exact) mass is 583 g/mol. The van der Waals surface area contributed by atoms with Crippen molar-refractivity contribution in [3.63, 3.8) is 0 Å². The first-order valence-corrected chi connectivity index (χ1v) is 15.6. The van der Waals surface area contributed by atoms with Gasteiger partial charge in [0.2, 0.25) is 10.0 Å². The molecule has 3 fully saturated rings. The number of carbonyl (C=O) groups is 1. The van der Waals surface area contributed by atoms with Crippen molar-refractivity contribution in [1.82, 2.24) is 9.29 Å². The Kier molecular flexibility index (Phi) is 6.22. The van der Waals surface area contributed by atoms with Crippen LogP contribution in [0.4, 0.5) is 16.3 Å². The largest absolute Gasteiger partial charge is 0.489 e. The number of benzene rings is 1. The zero-order valence-electron chi connectivity index (χ0n) is 20.2. The maximum atomic E-state index is 13.4. The smallest absolute Gasteiger partial charge is 0.415 e. The summed E-state index contributed by atoms with van der Waals surface area (Å²) < 4.78 is 64.7. The number of carbonyl (C=O) groups excluding carboxylic acids is 1. The number of hydrogen-bond acceptors (Lipinski definition) is 10. The highest BCUT2D eigenvalue weighted by Gasteiger charge is 2.46. The molecule has 1 aliphatic carbocycles. The fourth-order valence-electron chi connectivity index (χ4n) is 5.04. The summed E-state index contributed by atoms with van der Waals surface area (Å²) in [5.41, 5.74) is 6.14. The first-order valence-electron chi connectivity index (χ1n) is 12.2. The SMILES string of the molecule is NC[C@@H]1OC(=O)N2c3ccc(S(=O)(=O)N4CCN(c5cc(S(=O)(=O)C6CC6)cc(Cl)n5)CC4)cc3OC[C@@H]12. The van der Waals surface area contributed by atoms with Crippen LogP contribution >= 0.6 is 11.6 Å². The molecule has 3 aliphatic heterocycles. The Morgan fingerprint density at radius 2 is 1.76 bits per heavy atom. The van der Waals surface area contributed by atoms with Gasteiger partial charge in [-0.25, -0.2) is 26.6 Å². The fraction of sp³-hybridized carbons (Fsp3) is 0.478. The number of pyridine rings is 1. The van der Waals surface area contributed by atoms with Crippen molar-refractivity contribution in [3.05, 3.63) is 35.5 Å². The van der Waals surface area contributed by atoms with Gasteiger partial charge in [-0.1, -0.05) is 11.6 Å².